The first kappa shape index (κ1) is 21.2. The molecule has 5 rings (SSSR count). The van der Waals surface area contributed by atoms with Crippen molar-refractivity contribution in [2.75, 3.05) is 46.1 Å². The van der Waals surface area contributed by atoms with E-state index in [1.807, 2.05) is 31.2 Å². The quantitative estimate of drug-likeness (QED) is 0.670. The summed E-state index contributed by atoms with van der Waals surface area (Å²) in [4.78, 5) is 17.8. The van der Waals surface area contributed by atoms with E-state index in [0.717, 1.165) is 74.8 Å². The second kappa shape index (κ2) is 9.06. The molecule has 6 nitrogen and oxygen atoms in total. The lowest BCUT2D eigenvalue weighted by molar-refractivity contribution is 0.0239. The summed E-state index contributed by atoms with van der Waals surface area (Å²) in [5.41, 5.74) is 4.83. The van der Waals surface area contributed by atoms with Gasteiger partial charge in [-0.2, -0.15) is 0 Å². The fourth-order valence-electron chi connectivity index (χ4n) is 4.55. The second-order valence-electron chi connectivity index (χ2n) is 8.68. The van der Waals surface area contributed by atoms with Gasteiger partial charge in [-0.25, -0.2) is 0 Å². The van der Waals surface area contributed by atoms with Crippen molar-refractivity contribution in [3.63, 3.8) is 0 Å². The predicted octanol–water partition coefficient (Wildman–Crippen LogP) is 3.66. The Morgan fingerprint density at radius 1 is 1.03 bits per heavy atom. The van der Waals surface area contributed by atoms with Crippen molar-refractivity contribution in [3.05, 3.63) is 63.9 Å². The van der Waals surface area contributed by atoms with Crippen LogP contribution in [0.3, 0.4) is 0 Å². The molecule has 0 N–H and O–H groups in total. The van der Waals surface area contributed by atoms with Crippen LogP contribution < -0.4 is 9.47 Å². The number of Topliss-reactive ketones (excluding diaryl/α,β-unsaturated/α-hetero) is 1. The molecule has 3 heterocycles. The number of fused-ring (bicyclic) bond motifs is 2. The van der Waals surface area contributed by atoms with Crippen molar-refractivity contribution in [3.8, 4) is 11.5 Å². The summed E-state index contributed by atoms with van der Waals surface area (Å²) in [6, 6.07) is 10.2. The van der Waals surface area contributed by atoms with E-state index in [-0.39, 0.29) is 5.78 Å². The molecule has 0 aromatic heterocycles. The molecule has 32 heavy (non-hydrogen) atoms. The number of morpholine rings is 1. The Bertz CT molecular complexity index is 1040. The average Bonchev–Trinajstić information content (AvgIpc) is 3.14. The number of nitrogens with zero attached hydrogens (tertiary/aromatic N) is 2. The number of hydrogen-bond acceptors (Lipinski definition) is 6. The Morgan fingerprint density at radius 2 is 1.78 bits per heavy atom. The number of ketones is 1. The Balaban J connectivity index is 1.32. The predicted molar refractivity (Wildman–Crippen MR) is 123 cm³/mol. The first-order valence-corrected chi connectivity index (χ1v) is 11.5. The van der Waals surface area contributed by atoms with Crippen LogP contribution in [0.4, 0.5) is 0 Å². The third-order valence-electron chi connectivity index (χ3n) is 6.52. The highest BCUT2D eigenvalue weighted by molar-refractivity contribution is 6.15. The summed E-state index contributed by atoms with van der Waals surface area (Å²) in [5.74, 6) is 1.80. The Morgan fingerprint density at radius 3 is 2.53 bits per heavy atom. The molecular weight excluding hydrogens is 404 g/mol. The van der Waals surface area contributed by atoms with Gasteiger partial charge in [0.15, 0.2) is 5.76 Å². The fraction of sp³-hybridized carbons (Fsp3) is 0.423. The Labute approximate surface area is 189 Å². The molecule has 0 unspecified atom stereocenters. The molecule has 1 fully saturated rings. The summed E-state index contributed by atoms with van der Waals surface area (Å²) >= 11 is 0. The third-order valence-corrected chi connectivity index (χ3v) is 6.52. The van der Waals surface area contributed by atoms with Gasteiger partial charge in [0, 0.05) is 43.9 Å². The molecule has 0 aliphatic carbocycles. The van der Waals surface area contributed by atoms with E-state index in [1.54, 1.807) is 0 Å². The highest BCUT2D eigenvalue weighted by Crippen LogP contribution is 2.43. The first-order chi connectivity index (χ1) is 15.6. The van der Waals surface area contributed by atoms with Gasteiger partial charge < -0.3 is 14.2 Å². The van der Waals surface area contributed by atoms with Crippen LogP contribution in [-0.2, 0) is 17.7 Å². The van der Waals surface area contributed by atoms with Crippen LogP contribution in [0.1, 0.15) is 39.5 Å². The summed E-state index contributed by atoms with van der Waals surface area (Å²) in [6.07, 6.45) is 2.82. The largest absolute Gasteiger partial charge is 0.477 e. The van der Waals surface area contributed by atoms with Crippen molar-refractivity contribution in [1.29, 1.82) is 0 Å². The smallest absolute Gasteiger partial charge is 0.231 e. The van der Waals surface area contributed by atoms with E-state index < -0.39 is 0 Å². The lowest BCUT2D eigenvalue weighted by atomic mass is 10.00. The van der Waals surface area contributed by atoms with Gasteiger partial charge in [0.2, 0.25) is 5.78 Å². The molecule has 0 amide bonds. The normalized spacial score (nSPS) is 20.1. The maximum Gasteiger partial charge on any atom is 0.231 e. The summed E-state index contributed by atoms with van der Waals surface area (Å²) < 4.78 is 17.6. The molecule has 2 aromatic rings. The molecule has 1 saturated heterocycles. The molecule has 2 aromatic carbocycles. The first-order valence-electron chi connectivity index (χ1n) is 11.5. The maximum absolute atomic E-state index is 13.1. The molecule has 0 radical (unpaired) electrons. The van der Waals surface area contributed by atoms with Gasteiger partial charge in [-0.05, 0) is 36.6 Å². The number of allylic oxidation sites excluding steroid dienone is 1. The SMILES string of the molecule is CCc1ccc(/C=C2\Oc3c(cc4c(c3C)OCN(CCN3CCOCC3)C4)C2=O)cc1. The van der Waals surface area contributed by atoms with Gasteiger partial charge in [-0.3, -0.25) is 14.6 Å². The molecule has 0 bridgehead atoms. The monoisotopic (exact) mass is 434 g/mol. The summed E-state index contributed by atoms with van der Waals surface area (Å²) in [7, 11) is 0. The highest BCUT2D eigenvalue weighted by Gasteiger charge is 2.33. The minimum atomic E-state index is -0.0593. The van der Waals surface area contributed by atoms with E-state index in [9.17, 15) is 4.79 Å². The van der Waals surface area contributed by atoms with Gasteiger partial charge >= 0.3 is 0 Å². The third kappa shape index (κ3) is 4.18. The zero-order valence-electron chi connectivity index (χ0n) is 18.9. The second-order valence-corrected chi connectivity index (χ2v) is 8.68. The van der Waals surface area contributed by atoms with Crippen molar-refractivity contribution in [2.24, 2.45) is 0 Å². The van der Waals surface area contributed by atoms with E-state index in [1.165, 1.54) is 5.56 Å². The number of benzene rings is 2. The highest BCUT2D eigenvalue weighted by atomic mass is 16.5. The standard InChI is InChI=1S/C26H30N2O4/c1-3-19-4-6-20(7-5-19)14-23-24(29)22-15-21-16-28(9-8-27-10-12-30-13-11-27)17-31-25(21)18(2)26(22)32-23/h4-7,14-15H,3,8-13,16-17H2,1-2H3/b23-14-. The van der Waals surface area contributed by atoms with Crippen molar-refractivity contribution in [2.45, 2.75) is 26.8 Å². The van der Waals surface area contributed by atoms with Crippen LogP contribution >= 0.6 is 0 Å². The molecule has 3 aliphatic rings. The Kier molecular flexibility index (Phi) is 6.00. The van der Waals surface area contributed by atoms with Crippen molar-refractivity contribution < 1.29 is 19.0 Å². The van der Waals surface area contributed by atoms with E-state index in [0.29, 0.717) is 23.8 Å². The molecule has 0 spiro atoms. The van der Waals surface area contributed by atoms with Gasteiger partial charge in [-0.15, -0.1) is 0 Å². The van der Waals surface area contributed by atoms with E-state index >= 15 is 0 Å². The molecular formula is C26H30N2O4. The van der Waals surface area contributed by atoms with Crippen LogP contribution in [0.5, 0.6) is 11.5 Å². The van der Waals surface area contributed by atoms with Gasteiger partial charge in [-0.1, -0.05) is 31.2 Å². The molecule has 6 heteroatoms. The lowest BCUT2D eigenvalue weighted by Crippen LogP contribution is -2.43. The zero-order valence-corrected chi connectivity index (χ0v) is 18.9. The van der Waals surface area contributed by atoms with E-state index in [4.69, 9.17) is 14.2 Å². The Hall–Kier alpha value is -2.67. The van der Waals surface area contributed by atoms with Crippen molar-refractivity contribution in [1.82, 2.24) is 9.80 Å². The number of carbonyl (C=O) groups excluding carboxylic acids is 1. The minimum Gasteiger partial charge on any atom is -0.477 e. The number of carbonyl (C=O) groups is 1. The van der Waals surface area contributed by atoms with Crippen LogP contribution in [0.25, 0.3) is 6.08 Å². The molecule has 0 atom stereocenters. The van der Waals surface area contributed by atoms with E-state index in [2.05, 4.69) is 28.9 Å². The van der Waals surface area contributed by atoms with Crippen LogP contribution in [0.2, 0.25) is 0 Å². The molecule has 3 aliphatic heterocycles. The number of ether oxygens (including phenoxy) is 3. The summed E-state index contributed by atoms with van der Waals surface area (Å²) in [6.45, 7) is 11.0. The van der Waals surface area contributed by atoms with Gasteiger partial charge in [0.1, 0.15) is 18.2 Å². The average molecular weight is 435 g/mol. The fourth-order valence-corrected chi connectivity index (χ4v) is 4.55. The zero-order chi connectivity index (χ0) is 22.1. The number of hydrogen-bond donors (Lipinski definition) is 0. The summed E-state index contributed by atoms with van der Waals surface area (Å²) in [5, 5.41) is 0. The molecule has 168 valence electrons. The number of aryl methyl sites for hydroxylation is 1. The number of rotatable bonds is 5. The topological polar surface area (TPSA) is 51.2 Å². The van der Waals surface area contributed by atoms with Crippen LogP contribution in [0.15, 0.2) is 36.1 Å². The maximum atomic E-state index is 13.1. The van der Waals surface area contributed by atoms with Crippen LogP contribution in [0, 0.1) is 6.92 Å². The van der Waals surface area contributed by atoms with Gasteiger partial charge in [0.25, 0.3) is 0 Å². The van der Waals surface area contributed by atoms with Crippen LogP contribution in [-0.4, -0.2) is 61.7 Å². The van der Waals surface area contributed by atoms with Crippen molar-refractivity contribution >= 4 is 11.9 Å². The lowest BCUT2D eigenvalue weighted by Gasteiger charge is -2.33. The molecule has 0 saturated carbocycles. The minimum absolute atomic E-state index is 0.0593. The van der Waals surface area contributed by atoms with Gasteiger partial charge in [0.05, 0.1) is 18.8 Å².